The Kier molecular flexibility index (Phi) is 42.8. The molecule has 14 heteroatoms. The Morgan fingerprint density at radius 3 is 1.40 bits per heavy atom. The molecule has 0 radical (unpaired) electrons. The molecule has 0 spiro atoms. The number of hydrogen-bond donors (Lipinski definition) is 9. The average molecular weight is 1090 g/mol. The van der Waals surface area contributed by atoms with E-state index in [0.29, 0.717) is 12.8 Å². The highest BCUT2D eigenvalue weighted by Gasteiger charge is 2.51. The van der Waals surface area contributed by atoms with Crippen molar-refractivity contribution in [2.45, 2.75) is 229 Å². The van der Waals surface area contributed by atoms with Crippen molar-refractivity contribution in [3.05, 3.63) is 146 Å². The van der Waals surface area contributed by atoms with Gasteiger partial charge in [-0.3, -0.25) is 4.79 Å². The van der Waals surface area contributed by atoms with Gasteiger partial charge < -0.3 is 65.1 Å². The van der Waals surface area contributed by atoms with Gasteiger partial charge in [0.05, 0.1) is 32.0 Å². The minimum absolute atomic E-state index is 0.207. The number of aliphatic hydroxyl groups is 8. The zero-order valence-corrected chi connectivity index (χ0v) is 47.1. The molecule has 0 bridgehead atoms. The number of aliphatic hydroxyl groups excluding tert-OH is 8. The predicted octanol–water partition coefficient (Wildman–Crippen LogP) is 9.77. The van der Waals surface area contributed by atoms with Crippen LogP contribution in [0, 0.1) is 0 Å². The molecule has 2 aliphatic rings. The van der Waals surface area contributed by atoms with E-state index in [2.05, 4.69) is 153 Å². The van der Waals surface area contributed by atoms with Crippen molar-refractivity contribution >= 4 is 5.91 Å². The summed E-state index contributed by atoms with van der Waals surface area (Å²) in [6.07, 6.45) is 54.8. The van der Waals surface area contributed by atoms with Crippen molar-refractivity contribution in [1.82, 2.24) is 5.32 Å². The van der Waals surface area contributed by atoms with Crippen LogP contribution in [0.25, 0.3) is 0 Å². The smallest absolute Gasteiger partial charge is 0.220 e. The molecule has 2 heterocycles. The first kappa shape index (κ1) is 70.0. The van der Waals surface area contributed by atoms with E-state index in [1.807, 2.05) is 6.08 Å². The number of carbonyl (C=O) groups excluding carboxylic acids is 1. The van der Waals surface area contributed by atoms with Gasteiger partial charge in [-0.05, 0) is 109 Å². The van der Waals surface area contributed by atoms with Gasteiger partial charge in [-0.1, -0.05) is 185 Å². The molecule has 440 valence electrons. The molecule has 14 nitrogen and oxygen atoms in total. The monoisotopic (exact) mass is 1090 g/mol. The van der Waals surface area contributed by atoms with Crippen LogP contribution in [0.15, 0.2) is 146 Å². The fourth-order valence-electron chi connectivity index (χ4n) is 8.33. The molecular formula is C64H101NO13. The lowest BCUT2D eigenvalue weighted by Gasteiger charge is -2.46. The fraction of sp³-hybridized carbons (Fsp3) is 0.609. The largest absolute Gasteiger partial charge is 0.394 e. The number of carbonyl (C=O) groups is 1. The van der Waals surface area contributed by atoms with Gasteiger partial charge in [0, 0.05) is 6.42 Å². The minimum atomic E-state index is -1.80. The average Bonchev–Trinajstić information content (AvgIpc) is 3.47. The van der Waals surface area contributed by atoms with Crippen LogP contribution in [0.1, 0.15) is 155 Å². The van der Waals surface area contributed by atoms with Crippen LogP contribution in [0.2, 0.25) is 0 Å². The van der Waals surface area contributed by atoms with Gasteiger partial charge in [0.1, 0.15) is 48.8 Å². The molecule has 12 unspecified atom stereocenters. The SMILES string of the molecule is CC/C=C\C/C=C\C/C=C\C/C=C\C/C=C\C/C=C\C/C=C\C/C=C\C/C=C\C/C=C\CCCCC(=O)NC(COC1OC(CO)C(OC2OC(CO)C(O)C(O)C2O)C(O)C1O)C(O)/C=C/CC/C=C/CCCCCCC. The maximum atomic E-state index is 13.2. The predicted molar refractivity (Wildman–Crippen MR) is 313 cm³/mol. The molecule has 0 saturated carbocycles. The number of amides is 1. The fourth-order valence-corrected chi connectivity index (χ4v) is 8.33. The molecular weight excluding hydrogens is 991 g/mol. The maximum absolute atomic E-state index is 13.2. The van der Waals surface area contributed by atoms with Crippen molar-refractivity contribution in [3.8, 4) is 0 Å². The summed E-state index contributed by atoms with van der Waals surface area (Å²) in [6, 6.07) is -0.965. The van der Waals surface area contributed by atoms with Crippen LogP contribution < -0.4 is 5.32 Å². The van der Waals surface area contributed by atoms with Crippen molar-refractivity contribution in [1.29, 1.82) is 0 Å². The Balaban J connectivity index is 1.73. The molecule has 12 atom stereocenters. The highest BCUT2D eigenvalue weighted by atomic mass is 16.7. The van der Waals surface area contributed by atoms with Crippen molar-refractivity contribution in [2.75, 3.05) is 19.8 Å². The Morgan fingerprint density at radius 1 is 0.474 bits per heavy atom. The normalized spacial score (nSPS) is 25.7. The zero-order chi connectivity index (χ0) is 56.7. The lowest BCUT2D eigenvalue weighted by molar-refractivity contribution is -0.359. The van der Waals surface area contributed by atoms with Crippen LogP contribution in [0.4, 0.5) is 0 Å². The molecule has 0 aromatic heterocycles. The number of nitrogens with one attached hydrogen (secondary N) is 1. The van der Waals surface area contributed by atoms with E-state index in [1.54, 1.807) is 6.08 Å². The van der Waals surface area contributed by atoms with Gasteiger partial charge in [-0.2, -0.15) is 0 Å². The highest BCUT2D eigenvalue weighted by Crippen LogP contribution is 2.30. The van der Waals surface area contributed by atoms with Crippen LogP contribution in [-0.4, -0.2) is 140 Å². The molecule has 2 saturated heterocycles. The number of hydrogen-bond acceptors (Lipinski definition) is 13. The van der Waals surface area contributed by atoms with Crippen LogP contribution >= 0.6 is 0 Å². The van der Waals surface area contributed by atoms with E-state index >= 15 is 0 Å². The van der Waals surface area contributed by atoms with E-state index in [0.717, 1.165) is 96.3 Å². The third-order valence-corrected chi connectivity index (χ3v) is 13.0. The number of rotatable bonds is 43. The quantitative estimate of drug-likeness (QED) is 0.0205. The summed E-state index contributed by atoms with van der Waals surface area (Å²) in [5.74, 6) is -0.301. The van der Waals surface area contributed by atoms with Gasteiger partial charge >= 0.3 is 0 Å². The number of ether oxygens (including phenoxy) is 4. The Labute approximate surface area is 468 Å². The first-order chi connectivity index (χ1) is 38.1. The Morgan fingerprint density at radius 2 is 0.897 bits per heavy atom. The maximum Gasteiger partial charge on any atom is 0.220 e. The second-order valence-corrected chi connectivity index (χ2v) is 19.7. The van der Waals surface area contributed by atoms with E-state index < -0.39 is 86.8 Å². The summed E-state index contributed by atoms with van der Waals surface area (Å²) in [5, 5.41) is 86.8. The molecule has 2 fully saturated rings. The number of unbranched alkanes of at least 4 members (excludes halogenated alkanes) is 8. The first-order valence-corrected chi connectivity index (χ1v) is 29.1. The molecule has 0 aromatic carbocycles. The van der Waals surface area contributed by atoms with Gasteiger partial charge in [-0.25, -0.2) is 0 Å². The van der Waals surface area contributed by atoms with Gasteiger partial charge in [-0.15, -0.1) is 0 Å². The van der Waals surface area contributed by atoms with Crippen molar-refractivity contribution in [2.24, 2.45) is 0 Å². The topological polar surface area (TPSA) is 228 Å². The van der Waals surface area contributed by atoms with Crippen LogP contribution in [0.3, 0.4) is 0 Å². The molecule has 1 amide bonds. The molecule has 78 heavy (non-hydrogen) atoms. The highest BCUT2D eigenvalue weighted by molar-refractivity contribution is 5.76. The van der Waals surface area contributed by atoms with E-state index in [9.17, 15) is 45.6 Å². The summed E-state index contributed by atoms with van der Waals surface area (Å²) in [7, 11) is 0. The van der Waals surface area contributed by atoms with Gasteiger partial charge in [0.2, 0.25) is 5.91 Å². The lowest BCUT2D eigenvalue weighted by Crippen LogP contribution is -2.65. The molecule has 2 aliphatic heterocycles. The summed E-state index contributed by atoms with van der Waals surface area (Å²) in [6.45, 7) is 2.56. The molecule has 9 N–H and O–H groups in total. The van der Waals surface area contributed by atoms with Crippen molar-refractivity contribution in [3.63, 3.8) is 0 Å². The zero-order valence-electron chi connectivity index (χ0n) is 47.1. The number of allylic oxidation sites excluding steroid dienone is 23. The third-order valence-electron chi connectivity index (χ3n) is 13.0. The summed E-state index contributed by atoms with van der Waals surface area (Å²) in [5.41, 5.74) is 0. The van der Waals surface area contributed by atoms with E-state index in [4.69, 9.17) is 18.9 Å². The van der Waals surface area contributed by atoms with Crippen LogP contribution in [0.5, 0.6) is 0 Å². The van der Waals surface area contributed by atoms with Gasteiger partial charge in [0.15, 0.2) is 12.6 Å². The molecule has 2 rings (SSSR count). The summed E-state index contributed by atoms with van der Waals surface area (Å²) < 4.78 is 22.7. The van der Waals surface area contributed by atoms with Gasteiger partial charge in [0.25, 0.3) is 0 Å². The van der Waals surface area contributed by atoms with Crippen molar-refractivity contribution < 1.29 is 64.6 Å². The third kappa shape index (κ3) is 32.8. The van der Waals surface area contributed by atoms with E-state index in [-0.39, 0.29) is 18.9 Å². The molecule has 0 aliphatic carbocycles. The minimum Gasteiger partial charge on any atom is -0.394 e. The summed E-state index contributed by atoms with van der Waals surface area (Å²) in [4.78, 5) is 13.2. The molecule has 0 aromatic rings. The van der Waals surface area contributed by atoms with E-state index in [1.165, 1.54) is 25.7 Å². The Bertz CT molecular complexity index is 1860. The second kappa shape index (κ2) is 47.7. The lowest BCUT2D eigenvalue weighted by atomic mass is 9.97. The standard InChI is InChI=1S/C64H101NO13/c1-3-5-7-9-11-13-15-16-17-18-19-20-21-22-23-24-25-26-27-28-29-30-31-32-33-34-35-36-38-40-42-44-46-48-56(69)65-52(53(68)47-45-43-41-39-37-14-12-10-8-6-4-2)51-75-63-61(74)59(72)62(55(50-67)77-63)78-64-60(73)58(71)57(70)54(49-66)76-64/h5,7,11,13,16-17,19-20,22-23,25-26,28-29,31-32,34-35,37-40,45,47,52-55,57-64,66-68,70-74H,3-4,6,8-10,12,14-15,18,21,24,27,30,33,36,41-44,46,48-51H2,1-2H3,(H,65,69)/b7-5-,13-11-,17-16-,20-19-,23-22-,26-25-,29-28-,32-31-,35-34-,39-37+,40-38-,47-45+. The summed E-state index contributed by atoms with van der Waals surface area (Å²) >= 11 is 0. The Hall–Kier alpha value is -4.13. The first-order valence-electron chi connectivity index (χ1n) is 29.1. The van der Waals surface area contributed by atoms with Crippen LogP contribution in [-0.2, 0) is 23.7 Å². The second-order valence-electron chi connectivity index (χ2n) is 19.7.